The summed E-state index contributed by atoms with van der Waals surface area (Å²) in [6.07, 6.45) is 4.07. The van der Waals surface area contributed by atoms with Gasteiger partial charge in [0.05, 0.1) is 24.5 Å². The van der Waals surface area contributed by atoms with Crippen molar-refractivity contribution >= 4 is 17.5 Å². The van der Waals surface area contributed by atoms with Gasteiger partial charge in [-0.2, -0.15) is 8.75 Å². The minimum Gasteiger partial charge on any atom is -0.495 e. The molecule has 0 unspecified atom stereocenters. The summed E-state index contributed by atoms with van der Waals surface area (Å²) in [5.74, 6) is 0.875. The van der Waals surface area contributed by atoms with Crippen LogP contribution in [0.4, 0.5) is 0 Å². The van der Waals surface area contributed by atoms with Crippen molar-refractivity contribution in [3.05, 3.63) is 17.5 Å². The Morgan fingerprint density at radius 2 is 2.45 bits per heavy atom. The van der Waals surface area contributed by atoms with Crippen molar-refractivity contribution in [2.45, 2.75) is 12.8 Å². The Kier molecular flexibility index (Phi) is 1.62. The summed E-state index contributed by atoms with van der Waals surface area (Å²) in [6, 6.07) is 0. The zero-order chi connectivity index (χ0) is 7.68. The first-order valence-corrected chi connectivity index (χ1v) is 4.21. The number of aromatic nitrogens is 2. The van der Waals surface area contributed by atoms with Crippen LogP contribution in [0.1, 0.15) is 17.8 Å². The molecule has 11 heavy (non-hydrogen) atoms. The molecule has 0 aliphatic heterocycles. The Morgan fingerprint density at radius 3 is 3.27 bits per heavy atom. The van der Waals surface area contributed by atoms with Crippen LogP contribution in [0.3, 0.4) is 0 Å². The molecule has 0 spiro atoms. The first-order chi connectivity index (χ1) is 5.42. The fourth-order valence-corrected chi connectivity index (χ4v) is 1.77. The Labute approximate surface area is 69.0 Å². The van der Waals surface area contributed by atoms with Gasteiger partial charge in [0.25, 0.3) is 0 Å². The highest BCUT2D eigenvalue weighted by Crippen LogP contribution is 2.24. The van der Waals surface area contributed by atoms with E-state index in [0.29, 0.717) is 0 Å². The van der Waals surface area contributed by atoms with E-state index < -0.39 is 0 Å². The van der Waals surface area contributed by atoms with E-state index in [4.69, 9.17) is 4.74 Å². The van der Waals surface area contributed by atoms with Gasteiger partial charge in [-0.25, -0.2) is 0 Å². The molecule has 1 heterocycles. The monoisotopic (exact) mass is 168 g/mol. The molecule has 0 radical (unpaired) electrons. The van der Waals surface area contributed by atoms with Crippen molar-refractivity contribution in [1.29, 1.82) is 0 Å². The standard InChI is InChI=1S/C7H8N2OS/c1-10-6-4-2-3-5-7(6)9-11-8-5/h4H,2-3H2,1H3. The molecule has 0 N–H and O–H groups in total. The molecule has 0 bridgehead atoms. The van der Waals surface area contributed by atoms with Crippen molar-refractivity contribution < 1.29 is 4.74 Å². The largest absolute Gasteiger partial charge is 0.495 e. The molecule has 1 aliphatic rings. The van der Waals surface area contributed by atoms with Crippen LogP contribution in [0.2, 0.25) is 0 Å². The lowest BCUT2D eigenvalue weighted by atomic mass is 10.1. The molecule has 0 amide bonds. The molecular formula is C7H8N2OS. The lowest BCUT2D eigenvalue weighted by molar-refractivity contribution is 0.365. The van der Waals surface area contributed by atoms with Crippen LogP contribution in [0.25, 0.3) is 5.76 Å². The highest BCUT2D eigenvalue weighted by Gasteiger charge is 2.16. The number of aryl methyl sites for hydroxylation is 1. The molecule has 0 saturated heterocycles. The summed E-state index contributed by atoms with van der Waals surface area (Å²) < 4.78 is 13.5. The number of allylic oxidation sites excluding steroid dienone is 1. The summed E-state index contributed by atoms with van der Waals surface area (Å²) in [6.45, 7) is 0. The van der Waals surface area contributed by atoms with Gasteiger partial charge in [-0.3, -0.25) is 0 Å². The van der Waals surface area contributed by atoms with Gasteiger partial charge in [-0.05, 0) is 18.9 Å². The zero-order valence-electron chi connectivity index (χ0n) is 6.20. The van der Waals surface area contributed by atoms with Gasteiger partial charge in [-0.15, -0.1) is 0 Å². The van der Waals surface area contributed by atoms with E-state index in [1.807, 2.05) is 0 Å². The van der Waals surface area contributed by atoms with Crippen LogP contribution >= 0.6 is 11.7 Å². The maximum atomic E-state index is 5.14. The van der Waals surface area contributed by atoms with Gasteiger partial charge in [0.2, 0.25) is 0 Å². The van der Waals surface area contributed by atoms with E-state index in [1.54, 1.807) is 7.11 Å². The van der Waals surface area contributed by atoms with Crippen LogP contribution in [0.15, 0.2) is 6.08 Å². The first-order valence-electron chi connectivity index (χ1n) is 3.48. The maximum absolute atomic E-state index is 5.14. The molecule has 1 aromatic heterocycles. The van der Waals surface area contributed by atoms with E-state index >= 15 is 0 Å². The fourth-order valence-electron chi connectivity index (χ4n) is 1.17. The predicted octanol–water partition coefficient (Wildman–Crippen LogP) is 1.47. The number of methoxy groups -OCH3 is 1. The van der Waals surface area contributed by atoms with Gasteiger partial charge in [-0.1, -0.05) is 0 Å². The number of hydrogen-bond donors (Lipinski definition) is 0. The van der Waals surface area contributed by atoms with Crippen molar-refractivity contribution in [2.24, 2.45) is 0 Å². The highest BCUT2D eigenvalue weighted by atomic mass is 32.1. The van der Waals surface area contributed by atoms with Gasteiger partial charge in [0, 0.05) is 0 Å². The Balaban J connectivity index is 2.45. The third-order valence-corrected chi connectivity index (χ3v) is 2.29. The number of fused-ring (bicyclic) bond motifs is 1. The SMILES string of the molecule is COC1=CCCc2nsnc21. The predicted molar refractivity (Wildman–Crippen MR) is 43.2 cm³/mol. The molecule has 0 atom stereocenters. The van der Waals surface area contributed by atoms with Gasteiger partial charge in [0.1, 0.15) is 11.5 Å². The Morgan fingerprint density at radius 1 is 1.55 bits per heavy atom. The average molecular weight is 168 g/mol. The summed E-state index contributed by atoms with van der Waals surface area (Å²) in [5.41, 5.74) is 2.01. The summed E-state index contributed by atoms with van der Waals surface area (Å²) >= 11 is 1.25. The molecule has 3 nitrogen and oxygen atoms in total. The molecular weight excluding hydrogens is 160 g/mol. The van der Waals surface area contributed by atoms with Gasteiger partial charge >= 0.3 is 0 Å². The van der Waals surface area contributed by atoms with E-state index in [9.17, 15) is 0 Å². The van der Waals surface area contributed by atoms with Crippen molar-refractivity contribution in [3.63, 3.8) is 0 Å². The second kappa shape index (κ2) is 2.62. The topological polar surface area (TPSA) is 35.0 Å². The second-order valence-electron chi connectivity index (χ2n) is 2.37. The van der Waals surface area contributed by atoms with E-state index in [1.165, 1.54) is 11.7 Å². The third kappa shape index (κ3) is 1.03. The molecule has 1 aliphatic carbocycles. The van der Waals surface area contributed by atoms with Crippen molar-refractivity contribution in [2.75, 3.05) is 7.11 Å². The molecule has 1 aromatic rings. The van der Waals surface area contributed by atoms with Crippen LogP contribution < -0.4 is 0 Å². The molecule has 4 heteroatoms. The quantitative estimate of drug-likeness (QED) is 0.637. The number of rotatable bonds is 1. The number of ether oxygens (including phenoxy) is 1. The van der Waals surface area contributed by atoms with Crippen LogP contribution in [-0.2, 0) is 11.2 Å². The van der Waals surface area contributed by atoms with Crippen molar-refractivity contribution in [1.82, 2.24) is 8.75 Å². The molecule has 2 rings (SSSR count). The van der Waals surface area contributed by atoms with E-state index in [-0.39, 0.29) is 0 Å². The average Bonchev–Trinajstić information content (AvgIpc) is 2.50. The van der Waals surface area contributed by atoms with Crippen molar-refractivity contribution in [3.8, 4) is 0 Å². The summed E-state index contributed by atoms with van der Waals surface area (Å²) in [7, 11) is 1.67. The molecule has 0 saturated carbocycles. The Bertz CT molecular complexity index is 292. The van der Waals surface area contributed by atoms with Crippen LogP contribution in [0.5, 0.6) is 0 Å². The summed E-state index contributed by atoms with van der Waals surface area (Å²) in [5, 5.41) is 0. The van der Waals surface area contributed by atoms with Crippen LogP contribution in [0, 0.1) is 0 Å². The smallest absolute Gasteiger partial charge is 0.143 e. The van der Waals surface area contributed by atoms with Crippen LogP contribution in [-0.4, -0.2) is 15.9 Å². The Hall–Kier alpha value is -0.900. The van der Waals surface area contributed by atoms with E-state index in [0.717, 1.165) is 30.0 Å². The highest BCUT2D eigenvalue weighted by molar-refractivity contribution is 6.99. The summed E-state index contributed by atoms with van der Waals surface area (Å²) in [4.78, 5) is 0. The zero-order valence-corrected chi connectivity index (χ0v) is 7.02. The first kappa shape index (κ1) is 6.79. The molecule has 0 fully saturated rings. The van der Waals surface area contributed by atoms with E-state index in [2.05, 4.69) is 14.8 Å². The fraction of sp³-hybridized carbons (Fsp3) is 0.429. The number of hydrogen-bond acceptors (Lipinski definition) is 4. The third-order valence-electron chi connectivity index (χ3n) is 1.72. The lowest BCUT2D eigenvalue weighted by Gasteiger charge is -2.08. The second-order valence-corrected chi connectivity index (χ2v) is 2.90. The minimum atomic E-state index is 0.875. The molecule has 0 aromatic carbocycles. The normalized spacial score (nSPS) is 15.5. The number of nitrogens with zero attached hydrogens (tertiary/aromatic N) is 2. The molecule has 58 valence electrons. The van der Waals surface area contributed by atoms with Gasteiger partial charge in [0.15, 0.2) is 0 Å². The lowest BCUT2D eigenvalue weighted by Crippen LogP contribution is -1.99. The maximum Gasteiger partial charge on any atom is 0.143 e. The minimum absolute atomic E-state index is 0.875. The van der Waals surface area contributed by atoms with Gasteiger partial charge < -0.3 is 4.74 Å².